The Morgan fingerprint density at radius 3 is 1.05 bits per heavy atom. The lowest BCUT2D eigenvalue weighted by Gasteiger charge is -2.43. The monoisotopic (exact) mass is 1410 g/mol. The summed E-state index contributed by atoms with van der Waals surface area (Å²) in [5.74, 6) is -16.8. The van der Waals surface area contributed by atoms with E-state index in [4.69, 9.17) is 59.0 Å². The second-order valence-corrected chi connectivity index (χ2v) is 20.0. The molecule has 95 heavy (non-hydrogen) atoms. The molecule has 3 aliphatic rings. The number of amides is 1. The number of carboxylic acids is 8. The van der Waals surface area contributed by atoms with Crippen molar-refractivity contribution in [1.82, 2.24) is 29.4 Å². The van der Waals surface area contributed by atoms with Gasteiger partial charge >= 0.3 is 78.6 Å². The summed E-state index contributed by atoms with van der Waals surface area (Å²) in [6.45, 7) is 8.57. The number of carboxylic acid groups (broad SMARTS) is 8. The minimum Gasteiger partial charge on any atom is -0.480 e. The van der Waals surface area contributed by atoms with E-state index < -0.39 is 84.2 Å². The summed E-state index contributed by atoms with van der Waals surface area (Å²) in [5.41, 5.74) is 1.60. The summed E-state index contributed by atoms with van der Waals surface area (Å²) in [5, 5.41) is 64.0. The van der Waals surface area contributed by atoms with Crippen LogP contribution in [-0.4, -0.2) is 298 Å². The second-order valence-electron chi connectivity index (χ2n) is 20.0. The lowest BCUT2D eigenvalue weighted by Crippen LogP contribution is -2.56. The number of aliphatic carboxylic acids is 8. The highest BCUT2D eigenvalue weighted by atomic mass is 19.4. The van der Waals surface area contributed by atoms with Crippen LogP contribution in [0.1, 0.15) is 31.2 Å². The third-order valence-electron chi connectivity index (χ3n) is 13.0. The highest BCUT2D eigenvalue weighted by Crippen LogP contribution is 2.39. The summed E-state index contributed by atoms with van der Waals surface area (Å²) < 4.78 is 184. The maximum Gasteiger partial charge on any atom is 0.490 e. The SMILES string of the molecule is O=C(O)C(F)(F)F.O=C(O)C(F)(F)F.O=C(O)C(F)(F)F.O=C(O)C(F)(F)F.O=C(O)C(F)(F)F.O=C(O)CN1CCN(CCOCCOCCN2CN(c3ccccc3)C3(CCN(CCCCc4ccc(F)cc4)CC3)C2=O)CCN(CC(=O)O)CCN(CC(=O)O)CC1. The largest absolute Gasteiger partial charge is 0.490 e. The Labute approximate surface area is 528 Å². The Kier molecular flexibility index (Phi) is 38.3. The molecule has 0 radical (unpaired) electrons. The van der Waals surface area contributed by atoms with Gasteiger partial charge in [-0.2, -0.15) is 65.9 Å². The molecule has 3 aliphatic heterocycles. The van der Waals surface area contributed by atoms with Crippen LogP contribution in [0.5, 0.6) is 0 Å². The fourth-order valence-corrected chi connectivity index (χ4v) is 8.38. The molecular formula is C53H69F16N7O19. The number of ether oxygens (including phenoxy) is 2. The average Bonchev–Trinajstić information content (AvgIpc) is 1.61. The van der Waals surface area contributed by atoms with Gasteiger partial charge in [-0.1, -0.05) is 30.3 Å². The van der Waals surface area contributed by atoms with Crippen LogP contribution in [0.25, 0.3) is 0 Å². The van der Waals surface area contributed by atoms with Gasteiger partial charge in [-0.05, 0) is 68.5 Å². The Hall–Kier alpha value is -7.93. The van der Waals surface area contributed by atoms with E-state index >= 15 is 0 Å². The first-order valence-electron chi connectivity index (χ1n) is 27.5. The van der Waals surface area contributed by atoms with Gasteiger partial charge in [0.15, 0.2) is 0 Å². The number of halogens is 16. The number of hydrogen-bond donors (Lipinski definition) is 8. The van der Waals surface area contributed by atoms with Crippen molar-refractivity contribution >= 4 is 59.3 Å². The quantitative estimate of drug-likeness (QED) is 0.0604. The maximum absolute atomic E-state index is 14.2. The normalized spacial score (nSPS) is 16.4. The molecule has 42 heteroatoms. The molecule has 26 nitrogen and oxygen atoms in total. The van der Waals surface area contributed by atoms with Crippen LogP contribution in [0.4, 0.5) is 75.9 Å². The third-order valence-corrected chi connectivity index (χ3v) is 13.0. The fourth-order valence-electron chi connectivity index (χ4n) is 8.38. The number of rotatable bonds is 21. The minimum atomic E-state index is -5.08. The summed E-state index contributed by atoms with van der Waals surface area (Å²) in [4.78, 5) is 107. The first-order chi connectivity index (χ1) is 43.7. The molecule has 2 aromatic rings. The molecule has 542 valence electrons. The van der Waals surface area contributed by atoms with Gasteiger partial charge in [-0.3, -0.25) is 38.8 Å². The molecule has 3 saturated heterocycles. The summed E-state index contributed by atoms with van der Waals surface area (Å²) >= 11 is 0. The van der Waals surface area contributed by atoms with Crippen LogP contribution in [0.3, 0.4) is 0 Å². The van der Waals surface area contributed by atoms with Gasteiger partial charge in [0.2, 0.25) is 5.91 Å². The first-order valence-corrected chi connectivity index (χ1v) is 27.5. The molecule has 5 rings (SSSR count). The second kappa shape index (κ2) is 41.8. The topological polar surface area (TPSA) is 357 Å². The van der Waals surface area contributed by atoms with E-state index in [1.807, 2.05) is 35.2 Å². The van der Waals surface area contributed by atoms with Crippen LogP contribution in [0.2, 0.25) is 0 Å². The number of hydrogen-bond acceptors (Lipinski definition) is 17. The molecule has 3 fully saturated rings. The Bertz CT molecular complexity index is 2520. The predicted molar refractivity (Wildman–Crippen MR) is 292 cm³/mol. The van der Waals surface area contributed by atoms with Crippen LogP contribution in [0.15, 0.2) is 54.6 Å². The number of alkyl halides is 15. The van der Waals surface area contributed by atoms with Gasteiger partial charge in [0.1, 0.15) is 11.4 Å². The zero-order valence-corrected chi connectivity index (χ0v) is 49.8. The number of likely N-dealkylation sites (tertiary alicyclic amines) is 1. The van der Waals surface area contributed by atoms with E-state index in [0.717, 1.165) is 63.0 Å². The van der Waals surface area contributed by atoms with Crippen molar-refractivity contribution in [2.24, 2.45) is 0 Å². The number of benzene rings is 2. The predicted octanol–water partition coefficient (Wildman–Crippen LogP) is 4.96. The zero-order chi connectivity index (χ0) is 73.1. The standard InChI is InChI=1S/C43H64FN7O9.5C2HF3O2/c44-37-11-9-36(10-12-37)6-4-5-15-45-16-13-43(14-17-45)42(58)50(35-51(43)38-7-2-1-3-8-38)27-29-60-31-30-59-28-26-46-18-20-47(32-39(52)53)22-24-49(34-41(56)57)25-23-48(21-19-46)33-40(54)55;5*3-2(4,5)1(6)7/h1-3,7-12H,4-6,13-35H2,(H,52,53)(H,54,55)(H,56,57);5*(H,6,7). The summed E-state index contributed by atoms with van der Waals surface area (Å²) in [7, 11) is 0. The van der Waals surface area contributed by atoms with E-state index in [-0.39, 0.29) is 31.4 Å². The van der Waals surface area contributed by atoms with Gasteiger partial charge in [0.05, 0.1) is 52.7 Å². The van der Waals surface area contributed by atoms with E-state index in [1.165, 1.54) is 12.1 Å². The maximum atomic E-state index is 14.2. The van der Waals surface area contributed by atoms with Crippen LogP contribution in [0, 0.1) is 5.82 Å². The molecule has 8 N–H and O–H groups in total. The summed E-state index contributed by atoms with van der Waals surface area (Å²) in [6.07, 6.45) is -20.9. The van der Waals surface area contributed by atoms with Crippen molar-refractivity contribution in [2.75, 3.05) is 143 Å². The number of unbranched alkanes of at least 4 members (excludes halogenated alkanes) is 1. The molecule has 0 unspecified atom stereocenters. The number of aryl methyl sites for hydroxylation is 1. The van der Waals surface area contributed by atoms with E-state index in [2.05, 4.69) is 26.8 Å². The van der Waals surface area contributed by atoms with Gasteiger partial charge in [0, 0.05) is 84.2 Å². The zero-order valence-electron chi connectivity index (χ0n) is 49.8. The van der Waals surface area contributed by atoms with E-state index in [1.54, 1.807) is 14.7 Å². The number of piperidine rings is 1. The Morgan fingerprint density at radius 1 is 0.411 bits per heavy atom. The smallest absolute Gasteiger partial charge is 0.480 e. The molecule has 3 heterocycles. The van der Waals surface area contributed by atoms with Crippen LogP contribution < -0.4 is 4.90 Å². The van der Waals surface area contributed by atoms with Crippen molar-refractivity contribution in [3.63, 3.8) is 0 Å². The molecule has 1 amide bonds. The molecule has 0 atom stereocenters. The lowest BCUT2D eigenvalue weighted by atomic mass is 9.85. The molecular weight excluding hydrogens is 1340 g/mol. The minimum absolute atomic E-state index is 0.148. The number of para-hydroxylation sites is 1. The molecule has 1 spiro atoms. The molecule has 0 saturated carbocycles. The third kappa shape index (κ3) is 38.3. The van der Waals surface area contributed by atoms with Crippen molar-refractivity contribution in [1.29, 1.82) is 0 Å². The van der Waals surface area contributed by atoms with Gasteiger partial charge in [0.25, 0.3) is 0 Å². The average molecular weight is 1410 g/mol. The Balaban J connectivity index is 0.00000204. The number of nitrogens with zero attached hydrogens (tertiary/aromatic N) is 7. The van der Waals surface area contributed by atoms with Crippen LogP contribution in [-0.2, 0) is 59.0 Å². The Morgan fingerprint density at radius 2 is 0.726 bits per heavy atom. The highest BCUT2D eigenvalue weighted by molar-refractivity contribution is 5.93. The molecule has 0 aliphatic carbocycles. The van der Waals surface area contributed by atoms with Crippen LogP contribution >= 0.6 is 0 Å². The van der Waals surface area contributed by atoms with E-state index in [9.17, 15) is 105 Å². The van der Waals surface area contributed by atoms with Gasteiger partial charge in [-0.15, -0.1) is 0 Å². The molecule has 0 bridgehead atoms. The van der Waals surface area contributed by atoms with Crippen molar-refractivity contribution in [3.8, 4) is 0 Å². The number of carbonyl (C=O) groups excluding carboxylic acids is 1. The van der Waals surface area contributed by atoms with Crippen molar-refractivity contribution in [3.05, 3.63) is 66.0 Å². The van der Waals surface area contributed by atoms with Crippen molar-refractivity contribution < 1.29 is 164 Å². The van der Waals surface area contributed by atoms with Gasteiger partial charge < -0.3 is 65.0 Å². The highest BCUT2D eigenvalue weighted by Gasteiger charge is 2.53. The number of carbonyl (C=O) groups is 9. The molecule has 0 aromatic heterocycles. The lowest BCUT2D eigenvalue weighted by molar-refractivity contribution is -0.193. The summed E-state index contributed by atoms with van der Waals surface area (Å²) in [6, 6.07) is 16.9. The number of anilines is 1. The van der Waals surface area contributed by atoms with Crippen molar-refractivity contribution in [2.45, 2.75) is 68.5 Å². The first kappa shape index (κ1) is 87.1. The van der Waals surface area contributed by atoms with E-state index in [0.29, 0.717) is 98.5 Å². The fraction of sp³-hybridized carbons (Fsp3) is 0.604. The molecule has 2 aromatic carbocycles. The van der Waals surface area contributed by atoms with Gasteiger partial charge in [-0.25, -0.2) is 28.4 Å².